The van der Waals surface area contributed by atoms with Gasteiger partial charge in [-0.2, -0.15) is 23.4 Å². The number of amides is 2. The van der Waals surface area contributed by atoms with Gasteiger partial charge < -0.3 is 11.1 Å². The number of alkyl halides is 5. The highest BCUT2D eigenvalue weighted by atomic mass is 19.4. The summed E-state index contributed by atoms with van der Waals surface area (Å²) < 4.78 is 84.5. The molecule has 3 heterocycles. The Morgan fingerprint density at radius 2 is 1.81 bits per heavy atom. The molecule has 2 fully saturated rings. The van der Waals surface area contributed by atoms with Crippen LogP contribution in [-0.2, 0) is 4.79 Å². The van der Waals surface area contributed by atoms with E-state index in [2.05, 4.69) is 20.5 Å². The minimum absolute atomic E-state index is 0.0338. The van der Waals surface area contributed by atoms with E-state index in [4.69, 9.17) is 5.73 Å². The zero-order chi connectivity index (χ0) is 31.3. The van der Waals surface area contributed by atoms with Crippen molar-refractivity contribution < 1.29 is 35.9 Å². The third-order valence-electron chi connectivity index (χ3n) is 8.21. The number of hydrogen-bond donors (Lipinski definition) is 2. The van der Waals surface area contributed by atoms with Crippen LogP contribution in [0.1, 0.15) is 111 Å². The Bertz CT molecular complexity index is 1500. The van der Waals surface area contributed by atoms with Gasteiger partial charge in [-0.05, 0) is 63.0 Å². The summed E-state index contributed by atoms with van der Waals surface area (Å²) in [5.41, 5.74) is 6.12. The number of nitrogens with two attached hydrogens (primary N) is 1. The van der Waals surface area contributed by atoms with Crippen molar-refractivity contribution in [2.45, 2.75) is 95.3 Å². The summed E-state index contributed by atoms with van der Waals surface area (Å²) in [5, 5.41) is 11.5. The first-order chi connectivity index (χ1) is 20.1. The van der Waals surface area contributed by atoms with E-state index in [-0.39, 0.29) is 24.5 Å². The van der Waals surface area contributed by atoms with Crippen molar-refractivity contribution in [3.8, 4) is 0 Å². The molecule has 2 aliphatic carbocycles. The predicted molar refractivity (Wildman–Crippen MR) is 142 cm³/mol. The fourth-order valence-corrected chi connectivity index (χ4v) is 5.86. The molecule has 2 atom stereocenters. The normalized spacial score (nSPS) is 19.1. The standard InChI is InChI=1S/C28H33F6N7O2/c1-14(2)41-25(26(35)43)22(29)24(39-41)21(15-5-8-27(30,31)9-6-15)18-13-40-19(37-18)11-17(12-36-40)23(16-3-4-16)38-20(42)7-10-28(32,33)34/h11-16,21,23H,3-10H2,1-2H3,(H2,35,43)(H,38,42)/t21-,23+/m0/s1. The number of hydrogen-bond acceptors (Lipinski definition) is 5. The maximum atomic E-state index is 15.8. The van der Waals surface area contributed by atoms with Gasteiger partial charge in [-0.3, -0.25) is 14.3 Å². The lowest BCUT2D eigenvalue weighted by Gasteiger charge is -2.32. The molecule has 2 aliphatic rings. The maximum absolute atomic E-state index is 15.8. The zero-order valence-corrected chi connectivity index (χ0v) is 23.7. The number of imidazole rings is 1. The average molecular weight is 614 g/mol. The molecule has 0 unspecified atom stereocenters. The molecule has 3 aromatic rings. The lowest BCUT2D eigenvalue weighted by atomic mass is 9.76. The van der Waals surface area contributed by atoms with Crippen LogP contribution in [0, 0.1) is 17.7 Å². The summed E-state index contributed by atoms with van der Waals surface area (Å²) >= 11 is 0. The zero-order valence-electron chi connectivity index (χ0n) is 23.7. The summed E-state index contributed by atoms with van der Waals surface area (Å²) in [5.74, 6) is -6.83. The Kier molecular flexibility index (Phi) is 8.20. The second-order valence-electron chi connectivity index (χ2n) is 11.9. The van der Waals surface area contributed by atoms with Crippen LogP contribution < -0.4 is 11.1 Å². The molecule has 0 bridgehead atoms. The van der Waals surface area contributed by atoms with Gasteiger partial charge in [0.1, 0.15) is 5.69 Å². The van der Waals surface area contributed by atoms with E-state index >= 15 is 4.39 Å². The van der Waals surface area contributed by atoms with Crippen LogP contribution in [0.25, 0.3) is 5.65 Å². The Balaban J connectivity index is 1.51. The van der Waals surface area contributed by atoms with Crippen LogP contribution in [0.2, 0.25) is 0 Å². The van der Waals surface area contributed by atoms with Gasteiger partial charge in [0.2, 0.25) is 11.8 Å². The Morgan fingerprint density at radius 1 is 1.14 bits per heavy atom. The van der Waals surface area contributed by atoms with Crippen LogP contribution in [0.3, 0.4) is 0 Å². The fourth-order valence-electron chi connectivity index (χ4n) is 5.86. The van der Waals surface area contributed by atoms with Crippen LogP contribution >= 0.6 is 0 Å². The van der Waals surface area contributed by atoms with Gasteiger partial charge in [-0.25, -0.2) is 22.7 Å². The largest absolute Gasteiger partial charge is 0.389 e. The third-order valence-corrected chi connectivity index (χ3v) is 8.21. The third kappa shape index (κ3) is 6.80. The van der Waals surface area contributed by atoms with Crippen molar-refractivity contribution >= 4 is 17.5 Å². The van der Waals surface area contributed by atoms with E-state index in [0.717, 1.165) is 12.8 Å². The summed E-state index contributed by atoms with van der Waals surface area (Å²) in [6, 6.07) is 0.665. The first-order valence-corrected chi connectivity index (χ1v) is 14.3. The first-order valence-electron chi connectivity index (χ1n) is 14.3. The Morgan fingerprint density at radius 3 is 2.37 bits per heavy atom. The van der Waals surface area contributed by atoms with Crippen LogP contribution in [0.4, 0.5) is 26.3 Å². The predicted octanol–water partition coefficient (Wildman–Crippen LogP) is 5.61. The van der Waals surface area contributed by atoms with Crippen LogP contribution in [0.5, 0.6) is 0 Å². The van der Waals surface area contributed by atoms with Gasteiger partial charge in [0.15, 0.2) is 17.2 Å². The highest BCUT2D eigenvalue weighted by molar-refractivity contribution is 5.91. The molecule has 43 heavy (non-hydrogen) atoms. The van der Waals surface area contributed by atoms with Gasteiger partial charge >= 0.3 is 6.18 Å². The smallest absolute Gasteiger partial charge is 0.364 e. The molecule has 5 rings (SSSR count). The van der Waals surface area contributed by atoms with Gasteiger partial charge in [-0.1, -0.05) is 0 Å². The molecule has 2 saturated carbocycles. The lowest BCUT2D eigenvalue weighted by Crippen LogP contribution is -2.30. The van der Waals surface area contributed by atoms with E-state index in [0.29, 0.717) is 16.9 Å². The number of halogens is 6. The molecule has 3 N–H and O–H groups in total. The van der Waals surface area contributed by atoms with Crippen LogP contribution in [0.15, 0.2) is 18.5 Å². The first kappa shape index (κ1) is 30.8. The molecular formula is C28H33F6N7O2. The quantitative estimate of drug-likeness (QED) is 0.288. The molecule has 2 amide bonds. The van der Waals surface area contributed by atoms with Crippen molar-refractivity contribution in [2.24, 2.45) is 17.6 Å². The van der Waals surface area contributed by atoms with Crippen molar-refractivity contribution in [3.63, 3.8) is 0 Å². The van der Waals surface area contributed by atoms with Gasteiger partial charge in [-0.15, -0.1) is 0 Å². The van der Waals surface area contributed by atoms with E-state index in [1.165, 1.54) is 15.4 Å². The number of carbonyl (C=O) groups excluding carboxylic acids is 2. The highest BCUT2D eigenvalue weighted by Gasteiger charge is 2.42. The van der Waals surface area contributed by atoms with Crippen molar-refractivity contribution in [2.75, 3.05) is 0 Å². The average Bonchev–Trinajstić information content (AvgIpc) is 3.58. The van der Waals surface area contributed by atoms with Gasteiger partial charge in [0, 0.05) is 25.3 Å². The number of aromatic nitrogens is 5. The van der Waals surface area contributed by atoms with Gasteiger partial charge in [0.25, 0.3) is 5.91 Å². The van der Waals surface area contributed by atoms with E-state index < -0.39 is 85.0 Å². The molecule has 0 saturated heterocycles. The molecular weight excluding hydrogens is 580 g/mol. The Hall–Kier alpha value is -3.65. The van der Waals surface area contributed by atoms with E-state index in [1.54, 1.807) is 26.1 Å². The molecule has 0 aliphatic heterocycles. The molecule has 3 aromatic heterocycles. The number of nitrogens with zero attached hydrogens (tertiary/aromatic N) is 5. The van der Waals surface area contributed by atoms with Crippen molar-refractivity contribution in [1.82, 2.24) is 29.7 Å². The number of fused-ring (bicyclic) bond motifs is 1. The SMILES string of the molecule is CC(C)n1nc([C@H](c2cn3ncc([C@H](NC(=O)CCC(F)(F)F)C4CC4)cc3n2)C2CCC(F)(F)CC2)c(F)c1C(N)=O. The molecule has 234 valence electrons. The second-order valence-corrected chi connectivity index (χ2v) is 11.9. The summed E-state index contributed by atoms with van der Waals surface area (Å²) in [7, 11) is 0. The van der Waals surface area contributed by atoms with E-state index in [1.807, 2.05) is 0 Å². The molecule has 0 aromatic carbocycles. The number of primary amides is 1. The lowest BCUT2D eigenvalue weighted by molar-refractivity contribution is -0.144. The number of rotatable bonds is 10. The molecule has 15 heteroatoms. The maximum Gasteiger partial charge on any atom is 0.389 e. The minimum Gasteiger partial charge on any atom is -0.364 e. The second kappa shape index (κ2) is 11.5. The van der Waals surface area contributed by atoms with Gasteiger partial charge in [0.05, 0.1) is 36.5 Å². The van der Waals surface area contributed by atoms with E-state index in [9.17, 15) is 31.5 Å². The Labute approximate surface area is 243 Å². The summed E-state index contributed by atoms with van der Waals surface area (Å²) in [4.78, 5) is 29.1. The van der Waals surface area contributed by atoms with Crippen molar-refractivity contribution in [3.05, 3.63) is 46.9 Å². The fraction of sp³-hybridized carbons (Fsp3) is 0.607. The minimum atomic E-state index is -4.45. The number of carbonyl (C=O) groups is 2. The topological polar surface area (TPSA) is 120 Å². The number of nitrogens with one attached hydrogen (secondary N) is 1. The highest BCUT2D eigenvalue weighted by Crippen LogP contribution is 2.46. The molecule has 0 radical (unpaired) electrons. The molecule has 0 spiro atoms. The van der Waals surface area contributed by atoms with Crippen LogP contribution in [-0.4, -0.2) is 48.3 Å². The summed E-state index contributed by atoms with van der Waals surface area (Å²) in [6.45, 7) is 3.40. The monoisotopic (exact) mass is 613 g/mol. The molecule has 9 nitrogen and oxygen atoms in total. The summed E-state index contributed by atoms with van der Waals surface area (Å²) in [6.07, 6.45) is -2.43. The van der Waals surface area contributed by atoms with Crippen molar-refractivity contribution in [1.29, 1.82) is 0 Å².